The fraction of sp³-hybridized carbons (Fsp3) is 0. The van der Waals surface area contributed by atoms with Crippen LogP contribution in [-0.4, -0.2) is 9.66 Å². The lowest BCUT2D eigenvalue weighted by atomic mass is 10.5. The van der Waals surface area contributed by atoms with Crippen LogP contribution in [0.4, 0.5) is 0 Å². The van der Waals surface area contributed by atoms with Crippen LogP contribution in [0.25, 0.3) is 6.08 Å². The molecule has 1 N–H and O–H groups in total. The summed E-state index contributed by atoms with van der Waals surface area (Å²) in [5.41, 5.74) is 1.00. The second-order valence-electron chi connectivity index (χ2n) is 2.51. The van der Waals surface area contributed by atoms with Crippen LogP contribution < -0.4 is 4.68 Å². The van der Waals surface area contributed by atoms with Gasteiger partial charge in [0.25, 0.3) is 6.33 Å². The number of hydrogen-bond acceptors (Lipinski definition) is 0. The van der Waals surface area contributed by atoms with Crippen LogP contribution in [0.1, 0.15) is 5.69 Å². The summed E-state index contributed by atoms with van der Waals surface area (Å²) in [5, 5.41) is 0. The molecule has 0 saturated carbocycles. The van der Waals surface area contributed by atoms with Gasteiger partial charge in [0.05, 0.1) is 0 Å². The topological polar surface area (TPSA) is 24.6 Å². The molecule has 0 aromatic carbocycles. The minimum atomic E-state index is 1.00. The van der Waals surface area contributed by atoms with Crippen LogP contribution in [0.15, 0.2) is 43.6 Å². The quantitative estimate of drug-likeness (QED) is 0.635. The van der Waals surface area contributed by atoms with Gasteiger partial charge in [-0.15, -0.1) is 4.68 Å². The summed E-state index contributed by atoms with van der Waals surface area (Å²) in [7, 11) is 0. The number of nitrogens with zero attached hydrogens (tertiary/aromatic N) is 2. The van der Waals surface area contributed by atoms with Crippen molar-refractivity contribution in [2.45, 2.75) is 0 Å². The smallest absolute Gasteiger partial charge is 0.242 e. The van der Waals surface area contributed by atoms with E-state index in [4.69, 9.17) is 0 Å². The van der Waals surface area contributed by atoms with Crippen molar-refractivity contribution in [1.82, 2.24) is 9.66 Å². The lowest BCUT2D eigenvalue weighted by molar-refractivity contribution is -0.726. The maximum Gasteiger partial charge on any atom is 0.266 e. The summed E-state index contributed by atoms with van der Waals surface area (Å²) in [6.07, 6.45) is 9.56. The number of hydrogen-bond donors (Lipinski definition) is 1. The van der Waals surface area contributed by atoms with E-state index in [1.165, 1.54) is 0 Å². The number of imidazole rings is 1. The van der Waals surface area contributed by atoms with Crippen LogP contribution in [0.5, 0.6) is 0 Å². The highest BCUT2D eigenvalue weighted by Gasteiger charge is 2.01. The molecular weight excluding hydrogens is 150 g/mol. The van der Waals surface area contributed by atoms with Crippen molar-refractivity contribution in [2.24, 2.45) is 0 Å². The van der Waals surface area contributed by atoms with Gasteiger partial charge in [0.1, 0.15) is 0 Å². The van der Waals surface area contributed by atoms with Crippen molar-refractivity contribution >= 4 is 6.08 Å². The molecule has 0 unspecified atom stereocenters. The Hall–Kier alpha value is -1.77. The first kappa shape index (κ1) is 6.91. The summed E-state index contributed by atoms with van der Waals surface area (Å²) >= 11 is 0. The van der Waals surface area contributed by atoms with Gasteiger partial charge in [-0.3, -0.25) is 0 Å². The first-order valence-corrected chi connectivity index (χ1v) is 3.76. The van der Waals surface area contributed by atoms with Crippen molar-refractivity contribution < 1.29 is 4.68 Å². The van der Waals surface area contributed by atoms with Crippen molar-refractivity contribution in [1.29, 1.82) is 0 Å². The molecule has 0 radical (unpaired) electrons. The highest BCUT2D eigenvalue weighted by atomic mass is 15.5. The van der Waals surface area contributed by atoms with Gasteiger partial charge in [-0.1, -0.05) is 6.58 Å². The molecule has 3 heteroatoms. The maximum atomic E-state index is 3.67. The molecule has 0 aliphatic carbocycles. The molecule has 2 aromatic heterocycles. The van der Waals surface area contributed by atoms with Gasteiger partial charge in [-0.2, -0.15) is 4.68 Å². The molecule has 0 spiro atoms. The number of rotatable bonds is 2. The third-order valence-electron chi connectivity index (χ3n) is 1.71. The second-order valence-corrected chi connectivity index (χ2v) is 2.51. The Morgan fingerprint density at radius 3 is 2.75 bits per heavy atom. The highest BCUT2D eigenvalue weighted by Crippen LogP contribution is 1.91. The normalized spacial score (nSPS) is 10.0. The van der Waals surface area contributed by atoms with E-state index in [0.29, 0.717) is 0 Å². The van der Waals surface area contributed by atoms with Crippen LogP contribution in [0, 0.1) is 0 Å². The summed E-state index contributed by atoms with van der Waals surface area (Å²) in [4.78, 5) is 3.07. The second kappa shape index (κ2) is 2.70. The van der Waals surface area contributed by atoms with Crippen LogP contribution in [0.3, 0.4) is 0 Å². The SMILES string of the molecule is C=Cc1c[n+](-n2cccc2)c[nH]1. The molecule has 0 aliphatic rings. The Labute approximate surface area is 70.6 Å². The molecule has 0 fully saturated rings. The molecular formula is C9H10N3+. The van der Waals surface area contributed by atoms with Crippen molar-refractivity contribution in [2.75, 3.05) is 0 Å². The third kappa shape index (κ3) is 1.05. The first-order chi connectivity index (χ1) is 5.90. The summed E-state index contributed by atoms with van der Waals surface area (Å²) in [6.45, 7) is 3.67. The summed E-state index contributed by atoms with van der Waals surface area (Å²) < 4.78 is 3.90. The molecule has 0 atom stereocenters. The van der Waals surface area contributed by atoms with Gasteiger partial charge in [0.2, 0.25) is 0 Å². The standard InChI is InChI=1S/C9H9N3/c1-2-9-7-12(8-10-9)11-5-3-4-6-11/h2-8H,1H2/p+1. The predicted octanol–water partition coefficient (Wildman–Crippen LogP) is 1.06. The van der Waals surface area contributed by atoms with E-state index in [9.17, 15) is 0 Å². The molecule has 0 bridgehead atoms. The summed E-state index contributed by atoms with van der Waals surface area (Å²) in [6, 6.07) is 3.96. The number of aromatic amines is 1. The van der Waals surface area contributed by atoms with E-state index in [1.54, 1.807) is 6.08 Å². The Kier molecular flexibility index (Phi) is 1.55. The molecule has 0 amide bonds. The average molecular weight is 160 g/mol. The van der Waals surface area contributed by atoms with Gasteiger partial charge in [-0.05, 0) is 18.2 Å². The summed E-state index contributed by atoms with van der Waals surface area (Å²) in [5.74, 6) is 0. The zero-order valence-electron chi connectivity index (χ0n) is 6.64. The molecule has 60 valence electrons. The molecule has 0 aliphatic heterocycles. The van der Waals surface area contributed by atoms with Crippen molar-refractivity contribution in [3.8, 4) is 0 Å². The minimum Gasteiger partial charge on any atom is -0.242 e. The van der Waals surface area contributed by atoms with E-state index in [0.717, 1.165) is 5.69 Å². The molecule has 12 heavy (non-hydrogen) atoms. The first-order valence-electron chi connectivity index (χ1n) is 3.76. The van der Waals surface area contributed by atoms with E-state index in [2.05, 4.69) is 11.6 Å². The maximum absolute atomic E-state index is 3.67. The fourth-order valence-corrected chi connectivity index (χ4v) is 1.08. The third-order valence-corrected chi connectivity index (χ3v) is 1.71. The lowest BCUT2D eigenvalue weighted by Gasteiger charge is -1.91. The molecule has 2 heterocycles. The van der Waals surface area contributed by atoms with Gasteiger partial charge < -0.3 is 0 Å². The van der Waals surface area contributed by atoms with E-state index >= 15 is 0 Å². The fourth-order valence-electron chi connectivity index (χ4n) is 1.08. The van der Waals surface area contributed by atoms with Crippen molar-refractivity contribution in [3.63, 3.8) is 0 Å². The Balaban J connectivity index is 2.41. The van der Waals surface area contributed by atoms with Gasteiger partial charge in [0, 0.05) is 12.4 Å². The van der Waals surface area contributed by atoms with E-state index in [1.807, 2.05) is 46.4 Å². The van der Waals surface area contributed by atoms with E-state index in [-0.39, 0.29) is 0 Å². The van der Waals surface area contributed by atoms with Gasteiger partial charge >= 0.3 is 0 Å². The number of nitrogens with one attached hydrogen (secondary N) is 1. The number of H-pyrrole nitrogens is 1. The molecule has 2 aromatic rings. The zero-order valence-corrected chi connectivity index (χ0v) is 6.64. The van der Waals surface area contributed by atoms with Crippen LogP contribution >= 0.6 is 0 Å². The van der Waals surface area contributed by atoms with E-state index < -0.39 is 0 Å². The molecule has 3 nitrogen and oxygen atoms in total. The molecule has 2 rings (SSSR count). The monoisotopic (exact) mass is 160 g/mol. The van der Waals surface area contributed by atoms with Crippen molar-refractivity contribution in [3.05, 3.63) is 49.3 Å². The highest BCUT2D eigenvalue weighted by molar-refractivity contribution is 5.37. The Bertz CT molecular complexity index is 370. The van der Waals surface area contributed by atoms with Crippen LogP contribution in [0.2, 0.25) is 0 Å². The van der Waals surface area contributed by atoms with Gasteiger partial charge in [0.15, 0.2) is 11.9 Å². The van der Waals surface area contributed by atoms with Gasteiger partial charge in [-0.25, -0.2) is 4.98 Å². The van der Waals surface area contributed by atoms with Crippen LogP contribution in [-0.2, 0) is 0 Å². The number of aromatic nitrogens is 3. The Morgan fingerprint density at radius 2 is 2.17 bits per heavy atom. The lowest BCUT2D eigenvalue weighted by Crippen LogP contribution is -2.37. The Morgan fingerprint density at radius 1 is 1.42 bits per heavy atom. The largest absolute Gasteiger partial charge is 0.266 e. The zero-order chi connectivity index (χ0) is 8.39. The minimum absolute atomic E-state index is 1.00. The average Bonchev–Trinajstić information content (AvgIpc) is 2.75. The molecule has 0 saturated heterocycles. The predicted molar refractivity (Wildman–Crippen MR) is 46.3 cm³/mol.